The van der Waals surface area contributed by atoms with Gasteiger partial charge in [0.25, 0.3) is 0 Å². The standard InChI is InChI=1S/C36H76O7P4S4/c1-15-38-36(37)17-19-48-44(23-32(10)11)24-33(12)25-50-47(42-34(13)26-49-45(18-16-28(2)3)39-20-29(4)5)43-35(14)27-51-46(40-21-30(6)7)41-22-31(8)9/h28-35H,15-27H2,1-14H3. The van der Waals surface area contributed by atoms with Crippen LogP contribution in [0.4, 0.5) is 0 Å². The Bertz CT molecular complexity index is 772. The van der Waals surface area contributed by atoms with E-state index < -0.39 is 22.5 Å². The minimum Gasteiger partial charge on any atom is -0.466 e. The SMILES string of the molecule is CCOC(=O)CCSP(CC(C)C)CC(C)CSP(OC(C)CSP(CCC(C)C)OCC(C)C)OC(C)CSP(OCC(C)C)OCC(C)C. The molecule has 0 saturated heterocycles. The molecule has 0 bridgehead atoms. The van der Waals surface area contributed by atoms with Gasteiger partial charge in [-0.1, -0.05) is 98.9 Å². The Kier molecular flexibility index (Phi) is 34.9. The van der Waals surface area contributed by atoms with E-state index in [1.54, 1.807) is 11.4 Å². The highest BCUT2D eigenvalue weighted by Crippen LogP contribution is 2.59. The van der Waals surface area contributed by atoms with Crippen molar-refractivity contribution in [3.63, 3.8) is 0 Å². The van der Waals surface area contributed by atoms with Gasteiger partial charge in [-0.3, -0.25) is 4.79 Å². The molecule has 0 aliphatic heterocycles. The van der Waals surface area contributed by atoms with Crippen LogP contribution >= 0.6 is 75.2 Å². The number of esters is 1. The Morgan fingerprint density at radius 1 is 0.588 bits per heavy atom. The average molecular weight is 873 g/mol. The van der Waals surface area contributed by atoms with Gasteiger partial charge >= 0.3 is 5.97 Å². The van der Waals surface area contributed by atoms with E-state index in [-0.39, 0.29) is 25.3 Å². The molecule has 0 aromatic rings. The third kappa shape index (κ3) is 34.2. The summed E-state index contributed by atoms with van der Waals surface area (Å²) in [4.78, 5) is 11.9. The summed E-state index contributed by atoms with van der Waals surface area (Å²) in [5.41, 5.74) is 0. The average Bonchev–Trinajstić information content (AvgIpc) is 3.02. The lowest BCUT2D eigenvalue weighted by Gasteiger charge is -2.27. The zero-order valence-corrected chi connectivity index (χ0v) is 41.4. The third-order valence-electron chi connectivity index (χ3n) is 6.30. The first-order chi connectivity index (χ1) is 24.0. The maximum absolute atomic E-state index is 11.9. The summed E-state index contributed by atoms with van der Waals surface area (Å²) in [6.07, 6.45) is 5.26. The molecule has 0 aliphatic carbocycles. The summed E-state index contributed by atoms with van der Waals surface area (Å²) >= 11 is 7.54. The van der Waals surface area contributed by atoms with Gasteiger partial charge < -0.3 is 27.4 Å². The molecule has 0 heterocycles. The van der Waals surface area contributed by atoms with Crippen molar-refractivity contribution in [2.24, 2.45) is 35.5 Å². The molecule has 0 aliphatic rings. The largest absolute Gasteiger partial charge is 0.466 e. The Balaban J connectivity index is 5.52. The van der Waals surface area contributed by atoms with Gasteiger partial charge in [0.1, 0.15) is 0 Å². The van der Waals surface area contributed by atoms with Crippen molar-refractivity contribution in [2.75, 3.05) is 67.9 Å². The number of rotatable bonds is 34. The molecule has 0 fully saturated rings. The smallest absolute Gasteiger partial charge is 0.306 e. The van der Waals surface area contributed by atoms with Crippen LogP contribution in [0.15, 0.2) is 0 Å². The van der Waals surface area contributed by atoms with Gasteiger partial charge in [-0.15, -0.1) is 22.8 Å². The van der Waals surface area contributed by atoms with E-state index in [1.807, 2.05) is 41.1 Å². The van der Waals surface area contributed by atoms with Crippen LogP contribution in [0.2, 0.25) is 0 Å². The molecule has 0 saturated carbocycles. The fraction of sp³-hybridized carbons (Fsp3) is 0.972. The topological polar surface area (TPSA) is 72.5 Å². The highest BCUT2D eigenvalue weighted by Gasteiger charge is 2.25. The monoisotopic (exact) mass is 872 g/mol. The number of hydrogen-bond donors (Lipinski definition) is 0. The highest BCUT2D eigenvalue weighted by atomic mass is 32.7. The van der Waals surface area contributed by atoms with Crippen molar-refractivity contribution in [1.29, 1.82) is 0 Å². The Morgan fingerprint density at radius 2 is 1.12 bits per heavy atom. The summed E-state index contributed by atoms with van der Waals surface area (Å²) in [6, 6.07) is 0. The molecular weight excluding hydrogens is 797 g/mol. The van der Waals surface area contributed by atoms with E-state index in [4.69, 9.17) is 27.4 Å². The maximum Gasteiger partial charge on any atom is 0.306 e. The second-order valence-corrected chi connectivity index (χ2v) is 30.2. The summed E-state index contributed by atoms with van der Waals surface area (Å²) in [7, 11) is -2.94. The molecule has 306 valence electrons. The van der Waals surface area contributed by atoms with Gasteiger partial charge in [0, 0.05) is 29.2 Å². The van der Waals surface area contributed by atoms with Crippen LogP contribution in [0.3, 0.4) is 0 Å². The van der Waals surface area contributed by atoms with Crippen LogP contribution < -0.4 is 0 Å². The minimum atomic E-state index is -1.15. The lowest BCUT2D eigenvalue weighted by molar-refractivity contribution is -0.142. The van der Waals surface area contributed by atoms with Crippen LogP contribution in [0.25, 0.3) is 0 Å². The Morgan fingerprint density at radius 3 is 1.63 bits per heavy atom. The van der Waals surface area contributed by atoms with Crippen molar-refractivity contribution >= 4 is 81.1 Å². The molecule has 0 radical (unpaired) electrons. The fourth-order valence-electron chi connectivity index (χ4n) is 3.76. The number of ether oxygens (including phenoxy) is 1. The van der Waals surface area contributed by atoms with Gasteiger partial charge in [-0.05, 0) is 82.1 Å². The molecule has 0 rings (SSSR count). The second-order valence-electron chi connectivity index (χ2n) is 15.2. The van der Waals surface area contributed by atoms with E-state index in [1.165, 1.54) is 18.7 Å². The predicted octanol–water partition coefficient (Wildman–Crippen LogP) is 14.2. The molecular formula is C36H76O7P4S4. The number of carbonyl (C=O) groups excluding carboxylic acids is 1. The molecule has 51 heavy (non-hydrogen) atoms. The normalized spacial score (nSPS) is 16.1. The highest BCUT2D eigenvalue weighted by molar-refractivity contribution is 8.56. The van der Waals surface area contributed by atoms with Gasteiger partial charge in [0.2, 0.25) is 15.2 Å². The van der Waals surface area contributed by atoms with Crippen molar-refractivity contribution in [3.8, 4) is 0 Å². The van der Waals surface area contributed by atoms with Crippen molar-refractivity contribution in [3.05, 3.63) is 0 Å². The lowest BCUT2D eigenvalue weighted by atomic mass is 10.2. The molecule has 15 heteroatoms. The van der Waals surface area contributed by atoms with Crippen LogP contribution in [-0.4, -0.2) is 86.1 Å². The van der Waals surface area contributed by atoms with Gasteiger partial charge in [0.15, 0.2) is 0 Å². The first-order valence-corrected chi connectivity index (χ1v) is 30.9. The van der Waals surface area contributed by atoms with Crippen LogP contribution in [0.1, 0.15) is 110 Å². The Hall–Kier alpha value is 2.39. The maximum atomic E-state index is 11.9. The fourth-order valence-corrected chi connectivity index (χ4v) is 21.2. The summed E-state index contributed by atoms with van der Waals surface area (Å²) in [5, 5.41) is 0. The van der Waals surface area contributed by atoms with E-state index in [0.717, 1.165) is 35.8 Å². The van der Waals surface area contributed by atoms with Crippen molar-refractivity contribution in [2.45, 2.75) is 122 Å². The van der Waals surface area contributed by atoms with Crippen LogP contribution in [-0.2, 0) is 32.2 Å². The van der Waals surface area contributed by atoms with Gasteiger partial charge in [-0.25, -0.2) is 0 Å². The quantitative estimate of drug-likeness (QED) is 0.0458. The third-order valence-corrected chi connectivity index (χ3v) is 22.8. The molecule has 0 spiro atoms. The first-order valence-electron chi connectivity index (χ1n) is 19.0. The summed E-state index contributed by atoms with van der Waals surface area (Å²) in [6.45, 7) is 33.6. The van der Waals surface area contributed by atoms with Crippen LogP contribution in [0.5, 0.6) is 0 Å². The van der Waals surface area contributed by atoms with Crippen LogP contribution in [0, 0.1) is 35.5 Å². The van der Waals surface area contributed by atoms with E-state index >= 15 is 0 Å². The molecule has 0 N–H and O–H groups in total. The second kappa shape index (κ2) is 33.4. The molecule has 6 unspecified atom stereocenters. The summed E-state index contributed by atoms with van der Waals surface area (Å²) in [5.74, 6) is 6.74. The molecule has 7 nitrogen and oxygen atoms in total. The zero-order chi connectivity index (χ0) is 38.8. The van der Waals surface area contributed by atoms with E-state index in [9.17, 15) is 4.79 Å². The molecule has 0 aromatic heterocycles. The number of hydrogen-bond acceptors (Lipinski definition) is 11. The van der Waals surface area contributed by atoms with E-state index in [2.05, 4.69) is 90.0 Å². The summed E-state index contributed by atoms with van der Waals surface area (Å²) < 4.78 is 37.4. The zero-order valence-electron chi connectivity index (χ0n) is 34.6. The molecule has 6 atom stereocenters. The minimum absolute atomic E-state index is 0.00751. The molecule has 0 amide bonds. The van der Waals surface area contributed by atoms with Crippen molar-refractivity contribution in [1.82, 2.24) is 0 Å². The Labute approximate surface area is 336 Å². The van der Waals surface area contributed by atoms with Gasteiger partial charge in [0.05, 0.1) is 52.4 Å². The molecule has 0 aromatic carbocycles. The van der Waals surface area contributed by atoms with E-state index in [0.29, 0.717) is 61.7 Å². The number of carbonyl (C=O) groups is 1. The predicted molar refractivity (Wildman–Crippen MR) is 240 cm³/mol. The van der Waals surface area contributed by atoms with Gasteiger partial charge in [-0.2, -0.15) is 0 Å². The van der Waals surface area contributed by atoms with Crippen molar-refractivity contribution < 1.29 is 32.2 Å². The first kappa shape index (κ1) is 53.4. The lowest BCUT2D eigenvalue weighted by Crippen LogP contribution is -2.14.